The summed E-state index contributed by atoms with van der Waals surface area (Å²) < 4.78 is 39.9. The molecule has 0 saturated carbocycles. The smallest absolute Gasteiger partial charge is 0.340 e. The van der Waals surface area contributed by atoms with Crippen molar-refractivity contribution in [2.75, 3.05) is 17.3 Å². The first kappa shape index (κ1) is 23.3. The van der Waals surface area contributed by atoms with Crippen molar-refractivity contribution in [1.29, 1.82) is 0 Å². The first-order valence-electron chi connectivity index (χ1n) is 8.66. The fraction of sp³-hybridized carbons (Fsp3) is 0.300. The molecule has 9 heteroatoms. The minimum Gasteiger partial charge on any atom is -0.340 e. The number of amides is 2. The van der Waals surface area contributed by atoms with Gasteiger partial charge in [0.25, 0.3) is 5.91 Å². The Balaban J connectivity index is 2.19. The molecule has 0 aromatic heterocycles. The molecule has 0 saturated heterocycles. The molecule has 1 atom stereocenters. The lowest BCUT2D eigenvalue weighted by Gasteiger charge is -2.19. The number of anilines is 1. The van der Waals surface area contributed by atoms with Gasteiger partial charge in [-0.2, -0.15) is 24.9 Å². The monoisotopic (exact) mass is 488 g/mol. The van der Waals surface area contributed by atoms with E-state index in [2.05, 4.69) is 26.6 Å². The molecule has 0 bridgehead atoms. The molecule has 0 aliphatic rings. The molecule has 0 fully saturated rings. The maximum Gasteiger partial charge on any atom is 0.416 e. The maximum atomic E-state index is 13.1. The second-order valence-electron chi connectivity index (χ2n) is 6.30. The average molecular weight is 489 g/mol. The van der Waals surface area contributed by atoms with Gasteiger partial charge in [0.05, 0.1) is 11.1 Å². The molecule has 2 amide bonds. The van der Waals surface area contributed by atoms with Crippen LogP contribution in [0.15, 0.2) is 46.9 Å². The third-order valence-electron chi connectivity index (χ3n) is 4.16. The molecule has 2 aromatic carbocycles. The second-order valence-corrected chi connectivity index (χ2v) is 8.14. The van der Waals surface area contributed by atoms with Crippen LogP contribution in [0.2, 0.25) is 0 Å². The van der Waals surface area contributed by atoms with Gasteiger partial charge in [0.1, 0.15) is 6.04 Å². The molecule has 156 valence electrons. The molecule has 1 unspecified atom stereocenters. The van der Waals surface area contributed by atoms with Crippen molar-refractivity contribution < 1.29 is 22.8 Å². The highest BCUT2D eigenvalue weighted by atomic mass is 79.9. The van der Waals surface area contributed by atoms with Crippen molar-refractivity contribution in [3.05, 3.63) is 63.6 Å². The topological polar surface area (TPSA) is 58.2 Å². The predicted molar refractivity (Wildman–Crippen MR) is 113 cm³/mol. The number of rotatable bonds is 7. The summed E-state index contributed by atoms with van der Waals surface area (Å²) in [6, 6.07) is 9.48. The normalized spacial score (nSPS) is 12.3. The highest BCUT2D eigenvalue weighted by Gasteiger charge is 2.33. The lowest BCUT2D eigenvalue weighted by atomic mass is 10.1. The summed E-state index contributed by atoms with van der Waals surface area (Å²) in [4.78, 5) is 25.2. The standard InChI is InChI=1S/C20H20BrF3N2O2S/c1-12-7-8-13(11-15(12)20(22,23)24)25-19(28)17(9-10-29-2)26-18(27)14-5-3-4-6-16(14)21/h3-8,11,17H,9-10H2,1-2H3,(H,25,28)(H,26,27). The van der Waals surface area contributed by atoms with Crippen LogP contribution in [0.1, 0.15) is 27.9 Å². The summed E-state index contributed by atoms with van der Waals surface area (Å²) in [5, 5.41) is 5.16. The Bertz CT molecular complexity index is 890. The maximum absolute atomic E-state index is 13.1. The van der Waals surface area contributed by atoms with Crippen LogP contribution in [0.25, 0.3) is 0 Å². The summed E-state index contributed by atoms with van der Waals surface area (Å²) in [5.41, 5.74) is -0.355. The van der Waals surface area contributed by atoms with Crippen LogP contribution < -0.4 is 10.6 Å². The number of nitrogens with one attached hydrogen (secondary N) is 2. The molecule has 2 rings (SSSR count). The van der Waals surface area contributed by atoms with E-state index in [1.165, 1.54) is 30.8 Å². The number of carbonyl (C=O) groups excluding carboxylic acids is 2. The molecule has 0 aliphatic carbocycles. The zero-order chi connectivity index (χ0) is 21.6. The van der Waals surface area contributed by atoms with E-state index in [9.17, 15) is 22.8 Å². The Morgan fingerprint density at radius 3 is 2.48 bits per heavy atom. The molecule has 0 aliphatic heterocycles. The van der Waals surface area contributed by atoms with Gasteiger partial charge in [0, 0.05) is 10.2 Å². The number of benzene rings is 2. The number of hydrogen-bond donors (Lipinski definition) is 2. The molecule has 2 N–H and O–H groups in total. The zero-order valence-electron chi connectivity index (χ0n) is 15.8. The number of alkyl halides is 3. The van der Waals surface area contributed by atoms with E-state index in [1.54, 1.807) is 24.3 Å². The second kappa shape index (κ2) is 10.2. The Labute approximate surface area is 179 Å². The summed E-state index contributed by atoms with van der Waals surface area (Å²) >= 11 is 4.79. The van der Waals surface area contributed by atoms with E-state index in [1.807, 2.05) is 6.26 Å². The van der Waals surface area contributed by atoms with Crippen molar-refractivity contribution in [2.24, 2.45) is 0 Å². The Kier molecular flexibility index (Phi) is 8.15. The van der Waals surface area contributed by atoms with E-state index < -0.39 is 29.6 Å². The van der Waals surface area contributed by atoms with Crippen LogP contribution in [0.4, 0.5) is 18.9 Å². The van der Waals surface area contributed by atoms with E-state index in [4.69, 9.17) is 0 Å². The van der Waals surface area contributed by atoms with Crippen molar-refractivity contribution in [3.63, 3.8) is 0 Å². The van der Waals surface area contributed by atoms with Gasteiger partial charge >= 0.3 is 6.18 Å². The van der Waals surface area contributed by atoms with Crippen molar-refractivity contribution in [3.8, 4) is 0 Å². The summed E-state index contributed by atoms with van der Waals surface area (Å²) in [6.45, 7) is 1.35. The van der Waals surface area contributed by atoms with E-state index in [-0.39, 0.29) is 11.3 Å². The molecule has 2 aromatic rings. The van der Waals surface area contributed by atoms with Gasteiger partial charge in [0.2, 0.25) is 5.91 Å². The first-order valence-corrected chi connectivity index (χ1v) is 10.8. The van der Waals surface area contributed by atoms with Gasteiger partial charge in [-0.1, -0.05) is 18.2 Å². The highest BCUT2D eigenvalue weighted by molar-refractivity contribution is 9.10. The summed E-state index contributed by atoms with van der Waals surface area (Å²) in [7, 11) is 0. The largest absolute Gasteiger partial charge is 0.416 e. The number of halogens is 4. The van der Waals surface area contributed by atoms with Gasteiger partial charge in [-0.05, 0) is 71.1 Å². The van der Waals surface area contributed by atoms with Crippen molar-refractivity contribution in [1.82, 2.24) is 5.32 Å². The lowest BCUT2D eigenvalue weighted by molar-refractivity contribution is -0.138. The molecular formula is C20H20BrF3N2O2S. The van der Waals surface area contributed by atoms with Gasteiger partial charge in [0.15, 0.2) is 0 Å². The van der Waals surface area contributed by atoms with Gasteiger partial charge < -0.3 is 10.6 Å². The first-order chi connectivity index (χ1) is 13.6. The quantitative estimate of drug-likeness (QED) is 0.558. The molecular weight excluding hydrogens is 469 g/mol. The van der Waals surface area contributed by atoms with Crippen LogP contribution in [0, 0.1) is 6.92 Å². The molecule has 0 heterocycles. The van der Waals surface area contributed by atoms with Crippen molar-refractivity contribution >= 4 is 45.2 Å². The zero-order valence-corrected chi connectivity index (χ0v) is 18.2. The fourth-order valence-corrected chi connectivity index (χ4v) is 3.56. The van der Waals surface area contributed by atoms with E-state index in [0.29, 0.717) is 22.2 Å². The van der Waals surface area contributed by atoms with Crippen LogP contribution >= 0.6 is 27.7 Å². The van der Waals surface area contributed by atoms with E-state index >= 15 is 0 Å². The fourth-order valence-electron chi connectivity index (χ4n) is 2.62. The van der Waals surface area contributed by atoms with Gasteiger partial charge in [-0.25, -0.2) is 0 Å². The third kappa shape index (κ3) is 6.50. The van der Waals surface area contributed by atoms with Gasteiger partial charge in [-0.15, -0.1) is 0 Å². The molecule has 4 nitrogen and oxygen atoms in total. The van der Waals surface area contributed by atoms with Crippen LogP contribution in [0.3, 0.4) is 0 Å². The van der Waals surface area contributed by atoms with Crippen LogP contribution in [-0.2, 0) is 11.0 Å². The molecule has 0 spiro atoms. The average Bonchev–Trinajstić information content (AvgIpc) is 2.65. The summed E-state index contributed by atoms with van der Waals surface area (Å²) in [6.07, 6.45) is -2.32. The number of carbonyl (C=O) groups is 2. The summed E-state index contributed by atoms with van der Waals surface area (Å²) in [5.74, 6) is -0.425. The Morgan fingerprint density at radius 2 is 1.86 bits per heavy atom. The Morgan fingerprint density at radius 1 is 1.17 bits per heavy atom. The highest BCUT2D eigenvalue weighted by Crippen LogP contribution is 2.33. The third-order valence-corrected chi connectivity index (χ3v) is 5.50. The molecule has 29 heavy (non-hydrogen) atoms. The van der Waals surface area contributed by atoms with Crippen LogP contribution in [-0.4, -0.2) is 29.9 Å². The van der Waals surface area contributed by atoms with Crippen molar-refractivity contribution in [2.45, 2.75) is 25.6 Å². The lowest BCUT2D eigenvalue weighted by Crippen LogP contribution is -2.44. The number of hydrogen-bond acceptors (Lipinski definition) is 3. The van der Waals surface area contributed by atoms with E-state index in [0.717, 1.165) is 6.07 Å². The van der Waals surface area contributed by atoms with Gasteiger partial charge in [-0.3, -0.25) is 9.59 Å². The Hall–Kier alpha value is -2.00. The predicted octanol–water partition coefficient (Wildman–Crippen LogP) is 5.27. The van der Waals surface area contributed by atoms with Crippen LogP contribution in [0.5, 0.6) is 0 Å². The minimum atomic E-state index is -4.52. The number of aryl methyl sites for hydroxylation is 1. The molecule has 0 radical (unpaired) electrons. The minimum absolute atomic E-state index is 0.0252. The number of thioether (sulfide) groups is 1. The SMILES string of the molecule is CSCCC(NC(=O)c1ccccc1Br)C(=O)Nc1ccc(C)c(C(F)(F)F)c1.